The molecule has 0 aliphatic rings. The topological polar surface area (TPSA) is 35.2 Å². The van der Waals surface area contributed by atoms with Gasteiger partial charge in [0.05, 0.1) is 6.61 Å². The average Bonchev–Trinajstić information content (AvgIpc) is 2.68. The van der Waals surface area contributed by atoms with Crippen LogP contribution in [0.3, 0.4) is 0 Å². The van der Waals surface area contributed by atoms with Crippen LogP contribution in [0.15, 0.2) is 24.3 Å². The van der Waals surface area contributed by atoms with Crippen LogP contribution in [0.4, 0.5) is 13.2 Å². The number of fused-ring (bicyclic) bond motifs is 1. The number of thiophene rings is 1. The molecule has 1 aromatic carbocycles. The minimum atomic E-state index is -4.27. The van der Waals surface area contributed by atoms with Gasteiger partial charge in [0.15, 0.2) is 0 Å². The van der Waals surface area contributed by atoms with Gasteiger partial charge in [0.25, 0.3) is 0 Å². The highest BCUT2D eigenvalue weighted by Crippen LogP contribution is 2.38. The van der Waals surface area contributed by atoms with Crippen molar-refractivity contribution in [3.63, 3.8) is 0 Å². The van der Waals surface area contributed by atoms with E-state index in [9.17, 15) is 13.2 Å². The Bertz CT molecular complexity index is 521. The summed E-state index contributed by atoms with van der Waals surface area (Å²) >= 11 is 0.756. The third-order valence-electron chi connectivity index (χ3n) is 2.37. The molecule has 0 aliphatic carbocycles. The molecule has 0 radical (unpaired) electrons. The predicted molar refractivity (Wildman–Crippen MR) is 60.7 cm³/mol. The summed E-state index contributed by atoms with van der Waals surface area (Å²) in [5, 5.41) is 0.608. The van der Waals surface area contributed by atoms with Gasteiger partial charge in [-0.2, -0.15) is 13.2 Å². The highest BCUT2D eigenvalue weighted by atomic mass is 32.1. The Morgan fingerprint density at radius 2 is 2.00 bits per heavy atom. The van der Waals surface area contributed by atoms with E-state index < -0.39 is 11.1 Å². The van der Waals surface area contributed by atoms with Crippen molar-refractivity contribution in [2.45, 2.75) is 12.6 Å². The van der Waals surface area contributed by atoms with Gasteiger partial charge >= 0.3 is 6.18 Å². The summed E-state index contributed by atoms with van der Waals surface area (Å²) in [5.41, 5.74) is 0.912. The number of rotatable bonds is 3. The van der Waals surface area contributed by atoms with E-state index in [2.05, 4.69) is 4.84 Å². The van der Waals surface area contributed by atoms with E-state index in [4.69, 9.17) is 5.90 Å². The maximum atomic E-state index is 12.5. The fourth-order valence-electron chi connectivity index (χ4n) is 1.56. The molecule has 0 atom stereocenters. The first-order valence-electron chi connectivity index (χ1n) is 4.92. The van der Waals surface area contributed by atoms with E-state index >= 15 is 0 Å². The Hall–Kier alpha value is -1.11. The molecule has 0 spiro atoms. The lowest BCUT2D eigenvalue weighted by atomic mass is 10.1. The van der Waals surface area contributed by atoms with Crippen molar-refractivity contribution in [2.75, 3.05) is 6.61 Å². The largest absolute Gasteiger partial charge is 0.425 e. The van der Waals surface area contributed by atoms with Crippen molar-refractivity contribution < 1.29 is 18.0 Å². The molecule has 1 aromatic heterocycles. The molecule has 2 aromatic rings. The van der Waals surface area contributed by atoms with Crippen molar-refractivity contribution in [1.82, 2.24) is 0 Å². The lowest BCUT2D eigenvalue weighted by molar-refractivity contribution is -0.134. The molecule has 2 rings (SSSR count). The summed E-state index contributed by atoms with van der Waals surface area (Å²) in [4.78, 5) is 3.87. The van der Waals surface area contributed by atoms with Crippen LogP contribution in [0.1, 0.15) is 10.4 Å². The minimum Gasteiger partial charge on any atom is -0.304 e. The zero-order valence-electron chi connectivity index (χ0n) is 8.75. The van der Waals surface area contributed by atoms with E-state index in [0.717, 1.165) is 16.9 Å². The number of hydrogen-bond donors (Lipinski definition) is 1. The van der Waals surface area contributed by atoms with Crippen molar-refractivity contribution >= 4 is 21.4 Å². The monoisotopic (exact) mass is 261 g/mol. The molecule has 0 unspecified atom stereocenters. The summed E-state index contributed by atoms with van der Waals surface area (Å²) in [6.45, 7) is 0.349. The van der Waals surface area contributed by atoms with E-state index in [0.29, 0.717) is 23.1 Å². The van der Waals surface area contributed by atoms with Crippen LogP contribution < -0.4 is 5.90 Å². The fraction of sp³-hybridized carbons (Fsp3) is 0.273. The maximum absolute atomic E-state index is 12.5. The van der Waals surface area contributed by atoms with Gasteiger partial charge in [-0.05, 0) is 29.5 Å². The van der Waals surface area contributed by atoms with Crippen LogP contribution in [-0.2, 0) is 17.4 Å². The molecule has 0 aliphatic heterocycles. The van der Waals surface area contributed by atoms with E-state index in [1.54, 1.807) is 18.2 Å². The second kappa shape index (κ2) is 4.64. The Balaban J connectivity index is 2.34. The molecule has 0 amide bonds. The number of benzene rings is 1. The van der Waals surface area contributed by atoms with E-state index in [1.807, 2.05) is 0 Å². The summed E-state index contributed by atoms with van der Waals surface area (Å²) < 4.78 is 38.1. The van der Waals surface area contributed by atoms with Crippen LogP contribution in [0.2, 0.25) is 0 Å². The van der Waals surface area contributed by atoms with Gasteiger partial charge in [0, 0.05) is 4.70 Å². The first-order valence-corrected chi connectivity index (χ1v) is 5.74. The molecule has 6 heteroatoms. The zero-order valence-corrected chi connectivity index (χ0v) is 9.57. The Labute approximate surface area is 99.8 Å². The van der Waals surface area contributed by atoms with E-state index in [1.165, 1.54) is 6.07 Å². The van der Waals surface area contributed by atoms with Crippen LogP contribution >= 0.6 is 11.3 Å². The van der Waals surface area contributed by atoms with Gasteiger partial charge in [0.2, 0.25) is 0 Å². The Kier molecular flexibility index (Phi) is 3.37. The average molecular weight is 261 g/mol. The fourth-order valence-corrected chi connectivity index (χ4v) is 2.48. The van der Waals surface area contributed by atoms with Crippen molar-refractivity contribution in [3.05, 3.63) is 34.7 Å². The minimum absolute atomic E-state index is 0.349. The van der Waals surface area contributed by atoms with Crippen molar-refractivity contribution in [1.29, 1.82) is 0 Å². The van der Waals surface area contributed by atoms with Crippen LogP contribution in [-0.4, -0.2) is 6.61 Å². The van der Waals surface area contributed by atoms with Gasteiger partial charge in [-0.15, -0.1) is 11.3 Å². The molecule has 92 valence electrons. The molecule has 2 N–H and O–H groups in total. The molecule has 0 fully saturated rings. The standard InChI is InChI=1S/C11H10F3NOS/c12-11(13,14)10-6-8-5-7(3-4-16-15)1-2-9(8)17-10/h1-2,5-6H,3-4,15H2. The third kappa shape index (κ3) is 2.77. The first kappa shape index (κ1) is 12.3. The predicted octanol–water partition coefficient (Wildman–Crippen LogP) is 3.35. The summed E-state index contributed by atoms with van der Waals surface area (Å²) in [5.74, 6) is 4.90. The quantitative estimate of drug-likeness (QED) is 0.860. The smallest absolute Gasteiger partial charge is 0.304 e. The SMILES string of the molecule is NOCCc1ccc2sc(C(F)(F)F)cc2c1. The molecule has 0 bridgehead atoms. The van der Waals surface area contributed by atoms with Gasteiger partial charge in [0.1, 0.15) is 4.88 Å². The van der Waals surface area contributed by atoms with Gasteiger partial charge < -0.3 is 4.84 Å². The molecule has 17 heavy (non-hydrogen) atoms. The molecule has 1 heterocycles. The summed E-state index contributed by atoms with van der Waals surface area (Å²) in [7, 11) is 0. The van der Waals surface area contributed by atoms with Crippen LogP contribution in [0.5, 0.6) is 0 Å². The van der Waals surface area contributed by atoms with Crippen molar-refractivity contribution in [3.8, 4) is 0 Å². The molecule has 0 saturated carbocycles. The van der Waals surface area contributed by atoms with Crippen molar-refractivity contribution in [2.24, 2.45) is 5.90 Å². The van der Waals surface area contributed by atoms with Gasteiger partial charge in [-0.1, -0.05) is 12.1 Å². The first-order chi connectivity index (χ1) is 8.00. The second-order valence-corrected chi connectivity index (χ2v) is 4.69. The molecule has 2 nitrogen and oxygen atoms in total. The Morgan fingerprint density at radius 3 is 2.65 bits per heavy atom. The Morgan fingerprint density at radius 1 is 1.24 bits per heavy atom. The molecular weight excluding hydrogens is 251 g/mol. The van der Waals surface area contributed by atoms with Gasteiger partial charge in [-0.25, -0.2) is 5.90 Å². The highest BCUT2D eigenvalue weighted by molar-refractivity contribution is 7.19. The van der Waals surface area contributed by atoms with Gasteiger partial charge in [-0.3, -0.25) is 0 Å². The lowest BCUT2D eigenvalue weighted by Crippen LogP contribution is -2.03. The number of halogens is 3. The number of nitrogens with two attached hydrogens (primary N) is 1. The number of hydrogen-bond acceptors (Lipinski definition) is 3. The maximum Gasteiger partial charge on any atom is 0.425 e. The summed E-state index contributed by atoms with van der Waals surface area (Å²) in [6.07, 6.45) is -3.69. The van der Waals surface area contributed by atoms with E-state index in [-0.39, 0.29) is 0 Å². The normalized spacial score (nSPS) is 12.2. The summed E-state index contributed by atoms with van der Waals surface area (Å²) in [6, 6.07) is 6.39. The van der Waals surface area contributed by atoms with Crippen LogP contribution in [0.25, 0.3) is 10.1 Å². The second-order valence-electron chi connectivity index (χ2n) is 3.60. The zero-order chi connectivity index (χ0) is 12.5. The molecule has 0 saturated heterocycles. The highest BCUT2D eigenvalue weighted by Gasteiger charge is 2.32. The van der Waals surface area contributed by atoms with Crippen LogP contribution in [0, 0.1) is 0 Å². The number of alkyl halides is 3. The third-order valence-corrected chi connectivity index (χ3v) is 3.53. The molecular formula is C11H10F3NOS. The lowest BCUT2D eigenvalue weighted by Gasteiger charge is -1.99.